The Hall–Kier alpha value is -1.53. The number of nitrogens with one attached hydrogen (secondary N) is 1. The molecule has 2 rings (SSSR count). The third kappa shape index (κ3) is 6.75. The fourth-order valence-electron chi connectivity index (χ4n) is 2.50. The molecule has 0 aliphatic rings. The highest BCUT2D eigenvalue weighted by Gasteiger charge is 2.24. The number of rotatable bonds is 8. The van der Waals surface area contributed by atoms with E-state index in [1.54, 1.807) is 37.5 Å². The van der Waals surface area contributed by atoms with Crippen molar-refractivity contribution in [1.29, 1.82) is 0 Å². The maximum Gasteiger partial charge on any atom is 0.524 e. The number of sulfonamides is 1. The molecule has 0 bridgehead atoms. The molecule has 1 aromatic heterocycles. The minimum Gasteiger partial charge on any atom is -0.404 e. The number of phosphoric ester groups is 1. The largest absolute Gasteiger partial charge is 0.524 e. The van der Waals surface area contributed by atoms with Crippen LogP contribution in [0, 0.1) is 6.92 Å². The summed E-state index contributed by atoms with van der Waals surface area (Å²) in [5.74, 6) is 0.00687. The molecule has 0 radical (unpaired) electrons. The van der Waals surface area contributed by atoms with E-state index in [4.69, 9.17) is 9.79 Å². The highest BCUT2D eigenvalue weighted by molar-refractivity contribution is 7.91. The second-order valence-corrected chi connectivity index (χ2v) is 10.7. The van der Waals surface area contributed by atoms with E-state index >= 15 is 0 Å². The van der Waals surface area contributed by atoms with E-state index in [9.17, 15) is 18.1 Å². The molecule has 4 N–H and O–H groups in total. The summed E-state index contributed by atoms with van der Waals surface area (Å²) >= 11 is 0.952. The lowest BCUT2D eigenvalue weighted by Crippen LogP contribution is -2.30. The lowest BCUT2D eigenvalue weighted by Gasteiger charge is -2.11. The monoisotopic (exact) mass is 465 g/mol. The topological polar surface area (TPSA) is 150 Å². The van der Waals surface area contributed by atoms with Gasteiger partial charge in [0.1, 0.15) is 12.0 Å². The number of benzene rings is 1. The van der Waals surface area contributed by atoms with Gasteiger partial charge in [-0.2, -0.15) is 0 Å². The third-order valence-corrected chi connectivity index (χ3v) is 7.45. The van der Waals surface area contributed by atoms with E-state index in [1.807, 2.05) is 0 Å². The first-order valence-corrected chi connectivity index (χ1v) is 12.4. The van der Waals surface area contributed by atoms with Gasteiger partial charge in [0.2, 0.25) is 0 Å². The molecular weight excluding hydrogens is 441 g/mol. The van der Waals surface area contributed by atoms with Gasteiger partial charge in [0.15, 0.2) is 9.01 Å². The van der Waals surface area contributed by atoms with Gasteiger partial charge >= 0.3 is 7.82 Å². The zero-order valence-electron chi connectivity index (χ0n) is 16.3. The van der Waals surface area contributed by atoms with Crippen molar-refractivity contribution >= 4 is 29.2 Å². The number of thiazole rings is 1. The Morgan fingerprint density at radius 1 is 1.24 bits per heavy atom. The zero-order valence-corrected chi connectivity index (χ0v) is 18.8. The maximum absolute atomic E-state index is 12.6. The maximum atomic E-state index is 12.6. The van der Waals surface area contributed by atoms with Crippen molar-refractivity contribution in [2.75, 3.05) is 0 Å². The summed E-state index contributed by atoms with van der Waals surface area (Å²) in [6.45, 7) is 6.79. The van der Waals surface area contributed by atoms with E-state index in [0.29, 0.717) is 10.5 Å². The number of aliphatic hydroxyl groups excluding tert-OH is 1. The first kappa shape index (κ1) is 23.7. The minimum atomic E-state index is -4.65. The predicted molar refractivity (Wildman–Crippen MR) is 108 cm³/mol. The van der Waals surface area contributed by atoms with Crippen LogP contribution >= 0.6 is 19.2 Å². The first-order chi connectivity index (χ1) is 13.3. The van der Waals surface area contributed by atoms with Crippen LogP contribution in [0.15, 0.2) is 33.5 Å². The van der Waals surface area contributed by atoms with Crippen LogP contribution in [-0.4, -0.2) is 40.1 Å². The Balaban J connectivity index is 2.45. The number of nitrogens with zero attached hydrogens (tertiary/aromatic N) is 2. The molecule has 162 valence electrons. The normalized spacial score (nSPS) is 14.4. The van der Waals surface area contributed by atoms with Gasteiger partial charge in [0, 0.05) is 11.7 Å². The highest BCUT2D eigenvalue weighted by atomic mass is 32.2. The summed E-state index contributed by atoms with van der Waals surface area (Å²) in [7, 11) is -8.40. The second kappa shape index (κ2) is 9.09. The van der Waals surface area contributed by atoms with Crippen molar-refractivity contribution in [3.05, 3.63) is 40.3 Å². The molecule has 1 unspecified atom stereocenters. The number of aromatic nitrogens is 1. The minimum absolute atomic E-state index is 0.00687. The van der Waals surface area contributed by atoms with Crippen LogP contribution in [0.4, 0.5) is 0 Å². The summed E-state index contributed by atoms with van der Waals surface area (Å²) in [4.78, 5) is 22.2. The van der Waals surface area contributed by atoms with Crippen molar-refractivity contribution in [2.45, 2.75) is 50.7 Å². The number of phosphoric acid groups is 1. The molecular formula is C16H24N3O7PS2. The van der Waals surface area contributed by atoms with E-state index in [0.717, 1.165) is 16.9 Å². The first-order valence-electron chi connectivity index (χ1n) is 8.57. The third-order valence-electron chi connectivity index (χ3n) is 3.54. The Morgan fingerprint density at radius 3 is 2.31 bits per heavy atom. The zero-order chi connectivity index (χ0) is 22.0. The van der Waals surface area contributed by atoms with E-state index < -0.39 is 24.1 Å². The van der Waals surface area contributed by atoms with Crippen LogP contribution in [0.2, 0.25) is 0 Å². The van der Waals surface area contributed by atoms with Gasteiger partial charge in [0.25, 0.3) is 10.0 Å². The van der Waals surface area contributed by atoms with E-state index in [1.165, 1.54) is 19.1 Å². The Kier molecular flexibility index (Phi) is 7.44. The second-order valence-electron chi connectivity index (χ2n) is 6.61. The van der Waals surface area contributed by atoms with E-state index in [2.05, 4.69) is 14.2 Å². The van der Waals surface area contributed by atoms with Crippen molar-refractivity contribution in [1.82, 2.24) is 9.29 Å². The van der Waals surface area contributed by atoms with Gasteiger partial charge in [0.05, 0.1) is 6.54 Å². The predicted octanol–water partition coefficient (Wildman–Crippen LogP) is 1.30. The molecule has 1 atom stereocenters. The average molecular weight is 465 g/mol. The molecule has 0 fully saturated rings. The lowest BCUT2D eigenvalue weighted by molar-refractivity contribution is 0.200. The molecule has 0 aliphatic heterocycles. The van der Waals surface area contributed by atoms with Crippen molar-refractivity contribution in [3.63, 3.8) is 0 Å². The molecule has 1 aromatic carbocycles. The smallest absolute Gasteiger partial charge is 0.404 e. The lowest BCUT2D eigenvalue weighted by atomic mass is 10.2. The molecule has 0 amide bonds. The Labute approximate surface area is 172 Å². The average Bonchev–Trinajstić information content (AvgIpc) is 2.83. The van der Waals surface area contributed by atoms with Crippen LogP contribution in [0.3, 0.4) is 0 Å². The van der Waals surface area contributed by atoms with Crippen LogP contribution < -0.4 is 14.0 Å². The van der Waals surface area contributed by atoms with Crippen LogP contribution in [0.25, 0.3) is 0 Å². The van der Waals surface area contributed by atoms with Crippen LogP contribution in [0.5, 0.6) is 5.75 Å². The SMILES string of the molecule is Cc1c(S(=O)(=O)NC(C)C)s/c(=N/C(C)O)n1Cc1ccc(OP(=O)(O)O)cc1. The molecule has 2 aromatic rings. The Morgan fingerprint density at radius 2 is 1.83 bits per heavy atom. The van der Waals surface area contributed by atoms with Crippen LogP contribution in [0.1, 0.15) is 32.0 Å². The van der Waals surface area contributed by atoms with Crippen molar-refractivity contribution in [3.8, 4) is 5.75 Å². The van der Waals surface area contributed by atoms with Crippen LogP contribution in [-0.2, 0) is 21.1 Å². The quantitative estimate of drug-likeness (QED) is 0.429. The number of aliphatic hydroxyl groups is 1. The van der Waals surface area contributed by atoms with Crippen molar-refractivity contribution < 1.29 is 32.4 Å². The van der Waals surface area contributed by atoms with Gasteiger partial charge in [-0.15, -0.1) is 0 Å². The van der Waals surface area contributed by atoms with Gasteiger partial charge in [-0.1, -0.05) is 23.5 Å². The summed E-state index contributed by atoms with van der Waals surface area (Å²) in [5.41, 5.74) is 1.18. The molecule has 1 heterocycles. The fraction of sp³-hybridized carbons (Fsp3) is 0.438. The number of hydrogen-bond donors (Lipinski definition) is 4. The molecule has 29 heavy (non-hydrogen) atoms. The van der Waals surface area contributed by atoms with Gasteiger partial charge in [-0.25, -0.2) is 22.7 Å². The number of hydrogen-bond acceptors (Lipinski definition) is 7. The summed E-state index contributed by atoms with van der Waals surface area (Å²) < 4.78 is 45.0. The summed E-state index contributed by atoms with van der Waals surface area (Å²) in [6.07, 6.45) is -1.02. The fourth-order valence-corrected chi connectivity index (χ4v) is 5.87. The van der Waals surface area contributed by atoms with Gasteiger partial charge < -0.3 is 14.2 Å². The van der Waals surface area contributed by atoms with Gasteiger partial charge in [-0.05, 0) is 45.4 Å². The molecule has 0 spiro atoms. The molecule has 0 saturated carbocycles. The standard InChI is InChI=1S/C16H24N3O7PS2/c1-10(2)18-29(24,25)15-11(3)19(16(28-15)17-12(4)20)9-13-5-7-14(8-6-13)26-27(21,22)23/h5-8,10,12,18,20H,9H2,1-4H3,(H2,21,22,23)/b17-16+. The summed E-state index contributed by atoms with van der Waals surface area (Å²) in [6, 6.07) is 5.72. The Bertz CT molecular complexity index is 1070. The van der Waals surface area contributed by atoms with Crippen molar-refractivity contribution in [2.24, 2.45) is 4.99 Å². The summed E-state index contributed by atoms with van der Waals surface area (Å²) in [5, 5.41) is 9.66. The molecule has 10 nitrogen and oxygen atoms in total. The highest BCUT2D eigenvalue weighted by Crippen LogP contribution is 2.37. The van der Waals surface area contributed by atoms with E-state index in [-0.39, 0.29) is 22.5 Å². The van der Waals surface area contributed by atoms with Gasteiger partial charge in [-0.3, -0.25) is 9.79 Å². The molecule has 13 heteroatoms. The molecule has 0 aliphatic carbocycles. The molecule has 0 saturated heterocycles.